The van der Waals surface area contributed by atoms with Gasteiger partial charge in [0.15, 0.2) is 0 Å². The Labute approximate surface area is 201 Å². The molecule has 182 valence electrons. The minimum Gasteiger partial charge on any atom is -0.488 e. The third-order valence-corrected chi connectivity index (χ3v) is 6.98. The van der Waals surface area contributed by atoms with E-state index in [9.17, 15) is 9.59 Å². The summed E-state index contributed by atoms with van der Waals surface area (Å²) in [6.07, 6.45) is 4.51. The van der Waals surface area contributed by atoms with Crippen LogP contribution in [0.3, 0.4) is 0 Å². The standard InChI is InChI=1S/C25H36ClN3O4/c1-25(2,3)33-24(31)29-17-21(32-20-10-8-18(26)9-11-20)16-22(29)23(30)28-13-5-12-27(14-15-28)19-6-4-7-19/h8-11,19,21-22H,4-7,12-17H2,1-3H3/t21-,22+/m0/s1. The summed E-state index contributed by atoms with van der Waals surface area (Å²) in [5, 5.41) is 0.634. The number of hydrogen-bond donors (Lipinski definition) is 0. The average Bonchev–Trinajstić information content (AvgIpc) is 2.98. The average molecular weight is 478 g/mol. The van der Waals surface area contributed by atoms with Crippen LogP contribution in [0.5, 0.6) is 5.75 Å². The molecule has 2 aliphatic heterocycles. The molecule has 3 fully saturated rings. The molecule has 2 saturated heterocycles. The maximum atomic E-state index is 13.6. The van der Waals surface area contributed by atoms with Crippen LogP contribution in [0, 0.1) is 0 Å². The van der Waals surface area contributed by atoms with Gasteiger partial charge < -0.3 is 14.4 Å². The van der Waals surface area contributed by atoms with Crippen molar-refractivity contribution in [3.8, 4) is 5.75 Å². The van der Waals surface area contributed by atoms with Crippen LogP contribution >= 0.6 is 11.6 Å². The van der Waals surface area contributed by atoms with Crippen molar-refractivity contribution in [3.63, 3.8) is 0 Å². The Morgan fingerprint density at radius 2 is 1.73 bits per heavy atom. The Hall–Kier alpha value is -1.99. The second-order valence-corrected chi connectivity index (χ2v) is 10.8. The highest BCUT2D eigenvalue weighted by Crippen LogP contribution is 2.29. The van der Waals surface area contributed by atoms with Crippen molar-refractivity contribution in [1.29, 1.82) is 0 Å². The van der Waals surface area contributed by atoms with Gasteiger partial charge in [0.05, 0.1) is 6.54 Å². The first-order chi connectivity index (χ1) is 15.7. The van der Waals surface area contributed by atoms with E-state index in [0.29, 0.717) is 36.3 Å². The SMILES string of the molecule is CC(C)(C)OC(=O)N1C[C@@H](Oc2ccc(Cl)cc2)C[C@@H]1C(=O)N1CCCN(C2CCC2)CC1. The molecule has 2 atom stereocenters. The van der Waals surface area contributed by atoms with Gasteiger partial charge in [0.1, 0.15) is 23.5 Å². The van der Waals surface area contributed by atoms with Crippen molar-refractivity contribution in [3.05, 3.63) is 29.3 Å². The molecule has 8 heteroatoms. The van der Waals surface area contributed by atoms with Crippen LogP contribution in [-0.4, -0.2) is 83.2 Å². The minimum atomic E-state index is -0.633. The summed E-state index contributed by atoms with van der Waals surface area (Å²) in [4.78, 5) is 32.7. The van der Waals surface area contributed by atoms with Gasteiger partial charge in [-0.05, 0) is 64.3 Å². The van der Waals surface area contributed by atoms with Crippen LogP contribution in [0.2, 0.25) is 5.02 Å². The molecule has 0 radical (unpaired) electrons. The van der Waals surface area contributed by atoms with Crippen LogP contribution < -0.4 is 4.74 Å². The number of hydrogen-bond acceptors (Lipinski definition) is 5. The first kappa shape index (κ1) is 24.1. The van der Waals surface area contributed by atoms with E-state index in [4.69, 9.17) is 21.1 Å². The normalized spacial score (nSPS) is 24.8. The monoisotopic (exact) mass is 477 g/mol. The predicted molar refractivity (Wildman–Crippen MR) is 128 cm³/mol. The van der Waals surface area contributed by atoms with Gasteiger partial charge in [-0.2, -0.15) is 0 Å². The number of carbonyl (C=O) groups is 2. The number of benzene rings is 1. The van der Waals surface area contributed by atoms with E-state index in [1.165, 1.54) is 19.3 Å². The molecule has 1 saturated carbocycles. The fourth-order valence-corrected chi connectivity index (χ4v) is 4.96. The highest BCUT2D eigenvalue weighted by atomic mass is 35.5. The molecule has 3 aliphatic rings. The molecule has 2 heterocycles. The van der Waals surface area contributed by atoms with Crippen LogP contribution in [0.1, 0.15) is 52.9 Å². The van der Waals surface area contributed by atoms with E-state index < -0.39 is 17.7 Å². The predicted octanol–water partition coefficient (Wildman–Crippen LogP) is 4.18. The van der Waals surface area contributed by atoms with Gasteiger partial charge >= 0.3 is 6.09 Å². The quantitative estimate of drug-likeness (QED) is 0.650. The summed E-state index contributed by atoms with van der Waals surface area (Å²) < 4.78 is 11.8. The maximum Gasteiger partial charge on any atom is 0.411 e. The van der Waals surface area contributed by atoms with Gasteiger partial charge in [-0.3, -0.25) is 14.6 Å². The highest BCUT2D eigenvalue weighted by molar-refractivity contribution is 6.30. The molecule has 4 rings (SSSR count). The number of nitrogens with zero attached hydrogens (tertiary/aromatic N) is 3. The summed E-state index contributed by atoms with van der Waals surface area (Å²) in [5.41, 5.74) is -0.633. The Morgan fingerprint density at radius 1 is 1.00 bits per heavy atom. The number of ether oxygens (including phenoxy) is 2. The van der Waals surface area contributed by atoms with E-state index in [2.05, 4.69) is 4.90 Å². The summed E-state index contributed by atoms with van der Waals surface area (Å²) in [7, 11) is 0. The molecule has 2 amide bonds. The van der Waals surface area contributed by atoms with Gasteiger partial charge in [0, 0.05) is 43.7 Å². The number of amides is 2. The fraction of sp³-hybridized carbons (Fsp3) is 0.680. The lowest BCUT2D eigenvalue weighted by Crippen LogP contribution is -2.50. The summed E-state index contributed by atoms with van der Waals surface area (Å²) in [5.74, 6) is 0.672. The molecule has 1 aromatic carbocycles. The number of carbonyl (C=O) groups excluding carboxylic acids is 2. The van der Waals surface area contributed by atoms with E-state index in [1.54, 1.807) is 29.2 Å². The van der Waals surface area contributed by atoms with Crippen molar-refractivity contribution in [2.45, 2.75) is 76.7 Å². The Kier molecular flexibility index (Phi) is 7.39. The molecule has 0 N–H and O–H groups in total. The Morgan fingerprint density at radius 3 is 2.36 bits per heavy atom. The molecule has 1 aromatic rings. The lowest BCUT2D eigenvalue weighted by Gasteiger charge is -2.37. The first-order valence-corrected chi connectivity index (χ1v) is 12.5. The highest BCUT2D eigenvalue weighted by Gasteiger charge is 2.44. The van der Waals surface area contributed by atoms with E-state index in [-0.39, 0.29) is 12.0 Å². The third-order valence-electron chi connectivity index (χ3n) is 6.73. The first-order valence-electron chi connectivity index (χ1n) is 12.1. The Bertz CT molecular complexity index is 837. The molecular weight excluding hydrogens is 442 g/mol. The van der Waals surface area contributed by atoms with Gasteiger partial charge in [-0.1, -0.05) is 18.0 Å². The zero-order chi connectivity index (χ0) is 23.6. The van der Waals surface area contributed by atoms with E-state index in [0.717, 1.165) is 26.1 Å². The number of halogens is 1. The zero-order valence-corrected chi connectivity index (χ0v) is 20.7. The topological polar surface area (TPSA) is 62.3 Å². The van der Waals surface area contributed by atoms with Crippen LogP contribution in [0.4, 0.5) is 4.79 Å². The van der Waals surface area contributed by atoms with Gasteiger partial charge in [-0.15, -0.1) is 0 Å². The van der Waals surface area contributed by atoms with E-state index in [1.807, 2.05) is 25.7 Å². The second kappa shape index (κ2) is 10.1. The summed E-state index contributed by atoms with van der Waals surface area (Å²) in [6.45, 7) is 9.20. The third kappa shape index (κ3) is 6.12. The fourth-order valence-electron chi connectivity index (χ4n) is 4.83. The lowest BCUT2D eigenvalue weighted by atomic mass is 9.91. The molecule has 0 unspecified atom stereocenters. The number of likely N-dealkylation sites (tertiary alicyclic amines) is 1. The molecule has 1 aliphatic carbocycles. The van der Waals surface area contributed by atoms with Gasteiger partial charge in [0.25, 0.3) is 0 Å². The second-order valence-electron chi connectivity index (χ2n) is 10.4. The molecule has 0 spiro atoms. The van der Waals surface area contributed by atoms with Crippen LogP contribution in [0.15, 0.2) is 24.3 Å². The summed E-state index contributed by atoms with van der Waals surface area (Å²) in [6, 6.07) is 7.25. The van der Waals surface area contributed by atoms with Crippen molar-refractivity contribution < 1.29 is 19.1 Å². The van der Waals surface area contributed by atoms with E-state index >= 15 is 0 Å². The minimum absolute atomic E-state index is 0.00137. The van der Waals surface area contributed by atoms with Crippen molar-refractivity contribution in [2.24, 2.45) is 0 Å². The largest absolute Gasteiger partial charge is 0.488 e. The molecule has 7 nitrogen and oxygen atoms in total. The van der Waals surface area contributed by atoms with Crippen LogP contribution in [-0.2, 0) is 9.53 Å². The van der Waals surface area contributed by atoms with Crippen LogP contribution in [0.25, 0.3) is 0 Å². The molecular formula is C25H36ClN3O4. The molecule has 33 heavy (non-hydrogen) atoms. The van der Waals surface area contributed by atoms with Gasteiger partial charge in [0.2, 0.25) is 5.91 Å². The maximum absolute atomic E-state index is 13.6. The zero-order valence-electron chi connectivity index (χ0n) is 20.0. The molecule has 0 bridgehead atoms. The lowest BCUT2D eigenvalue weighted by molar-refractivity contribution is -0.135. The molecule has 0 aromatic heterocycles. The van der Waals surface area contributed by atoms with Crippen molar-refractivity contribution in [2.75, 3.05) is 32.7 Å². The smallest absolute Gasteiger partial charge is 0.411 e. The van der Waals surface area contributed by atoms with Crippen molar-refractivity contribution >= 4 is 23.6 Å². The van der Waals surface area contributed by atoms with Gasteiger partial charge in [-0.25, -0.2) is 4.79 Å². The number of rotatable bonds is 4. The Balaban J connectivity index is 1.45. The summed E-state index contributed by atoms with van der Waals surface area (Å²) >= 11 is 5.98. The van der Waals surface area contributed by atoms with Crippen molar-refractivity contribution in [1.82, 2.24) is 14.7 Å².